The molecular weight excluding hydrogens is 357 g/mol. The molecule has 1 rings (SSSR count). The lowest BCUT2D eigenvalue weighted by molar-refractivity contribution is -0.130. The Morgan fingerprint density at radius 2 is 1.92 bits per heavy atom. The fourth-order valence-electron chi connectivity index (χ4n) is 1.95. The molecule has 0 spiro atoms. The monoisotopic (exact) mass is 378 g/mol. The first kappa shape index (κ1) is 21.1. The number of nitrogens with one attached hydrogen (secondary N) is 1. The molecule has 1 aromatic rings. The maximum absolute atomic E-state index is 12.2. The zero-order valence-electron chi connectivity index (χ0n) is 14.2. The van der Waals surface area contributed by atoms with Crippen LogP contribution in [0.2, 0.25) is 0 Å². The number of thioether (sulfide) groups is 1. The highest BCUT2D eigenvalue weighted by Gasteiger charge is 2.29. The number of alkyl halides is 3. The van der Waals surface area contributed by atoms with Crippen LogP contribution >= 0.6 is 11.8 Å². The van der Waals surface area contributed by atoms with Crippen LogP contribution in [0.25, 0.3) is 0 Å². The number of hydrogen-bond acceptors (Lipinski definition) is 4. The summed E-state index contributed by atoms with van der Waals surface area (Å²) in [6.07, 6.45) is 0.463. The molecule has 5 nitrogen and oxygen atoms in total. The van der Waals surface area contributed by atoms with E-state index >= 15 is 0 Å². The van der Waals surface area contributed by atoms with E-state index in [2.05, 4.69) is 5.32 Å². The Morgan fingerprint density at radius 1 is 1.28 bits per heavy atom. The third-order valence-electron chi connectivity index (χ3n) is 3.25. The Kier molecular flexibility index (Phi) is 8.08. The van der Waals surface area contributed by atoms with Crippen LogP contribution in [0.3, 0.4) is 0 Å². The number of benzene rings is 1. The van der Waals surface area contributed by atoms with Gasteiger partial charge in [-0.25, -0.2) is 0 Å². The molecule has 0 bridgehead atoms. The first-order valence-electron chi connectivity index (χ1n) is 7.56. The lowest BCUT2D eigenvalue weighted by Crippen LogP contribution is -2.31. The number of para-hydroxylation sites is 1. The number of halogens is 3. The normalized spacial score (nSPS) is 12.4. The van der Waals surface area contributed by atoms with E-state index in [0.717, 1.165) is 0 Å². The number of carbonyl (C=O) groups excluding carboxylic acids is 2. The summed E-state index contributed by atoms with van der Waals surface area (Å²) in [5.41, 5.74) is -3.84. The van der Waals surface area contributed by atoms with Crippen LogP contribution in [0.4, 0.5) is 13.2 Å². The minimum atomic E-state index is -4.45. The predicted octanol–water partition coefficient (Wildman–Crippen LogP) is 2.97. The molecule has 0 heterocycles. The second-order valence-electron chi connectivity index (χ2n) is 5.38. The van der Waals surface area contributed by atoms with Crippen molar-refractivity contribution in [2.45, 2.75) is 24.9 Å². The molecule has 0 aliphatic rings. The van der Waals surface area contributed by atoms with E-state index in [1.54, 1.807) is 45.3 Å². The topological polar surface area (TPSA) is 58.6 Å². The van der Waals surface area contributed by atoms with Gasteiger partial charge in [0.15, 0.2) is 6.61 Å². The molecule has 1 atom stereocenters. The van der Waals surface area contributed by atoms with Crippen molar-refractivity contribution >= 4 is 23.6 Å². The standard InChI is InChI=1S/C16H21F3N2O3S/c1-4-12(20-14(22)10-25-16(17,18)19)11-7-5-6-8-13(11)24-9-15(23)21(2)3/h5-8,12H,4,9-10H2,1-3H3,(H,20,22)/t12-/m0/s1. The zero-order chi connectivity index (χ0) is 19.0. The van der Waals surface area contributed by atoms with Gasteiger partial charge in [0.25, 0.3) is 5.91 Å². The maximum atomic E-state index is 12.2. The van der Waals surface area contributed by atoms with Gasteiger partial charge in [0.1, 0.15) is 5.75 Å². The van der Waals surface area contributed by atoms with Crippen LogP contribution in [0.1, 0.15) is 24.9 Å². The first-order chi connectivity index (χ1) is 11.6. The molecule has 25 heavy (non-hydrogen) atoms. The van der Waals surface area contributed by atoms with Crippen LogP contribution in [-0.2, 0) is 9.59 Å². The maximum Gasteiger partial charge on any atom is 0.442 e. The van der Waals surface area contributed by atoms with Crippen molar-refractivity contribution in [3.8, 4) is 5.75 Å². The van der Waals surface area contributed by atoms with Crippen LogP contribution in [-0.4, -0.2) is 48.7 Å². The zero-order valence-corrected chi connectivity index (χ0v) is 15.0. The van der Waals surface area contributed by atoms with E-state index in [4.69, 9.17) is 4.74 Å². The summed E-state index contributed by atoms with van der Waals surface area (Å²) >= 11 is -0.383. The molecule has 0 aliphatic carbocycles. The SMILES string of the molecule is CC[C@H](NC(=O)CSC(F)(F)F)c1ccccc1OCC(=O)N(C)C. The van der Waals surface area contributed by atoms with Gasteiger partial charge in [-0.15, -0.1) is 0 Å². The fraction of sp³-hybridized carbons (Fsp3) is 0.500. The molecule has 0 aliphatic heterocycles. The quantitative estimate of drug-likeness (QED) is 0.756. The summed E-state index contributed by atoms with van der Waals surface area (Å²) in [5.74, 6) is -1.24. The van der Waals surface area contributed by atoms with E-state index in [0.29, 0.717) is 17.7 Å². The van der Waals surface area contributed by atoms with E-state index in [9.17, 15) is 22.8 Å². The van der Waals surface area contributed by atoms with Gasteiger partial charge in [-0.3, -0.25) is 9.59 Å². The minimum Gasteiger partial charge on any atom is -0.483 e. The van der Waals surface area contributed by atoms with Crippen molar-refractivity contribution in [2.24, 2.45) is 0 Å². The third-order valence-corrected chi connectivity index (χ3v) is 3.99. The highest BCUT2D eigenvalue weighted by Crippen LogP contribution is 2.31. The Balaban J connectivity index is 2.78. The van der Waals surface area contributed by atoms with Gasteiger partial charge in [0, 0.05) is 19.7 Å². The second kappa shape index (κ2) is 9.55. The smallest absolute Gasteiger partial charge is 0.442 e. The number of rotatable bonds is 8. The summed E-state index contributed by atoms with van der Waals surface area (Å²) in [6.45, 7) is 1.63. The average Bonchev–Trinajstić information content (AvgIpc) is 2.55. The van der Waals surface area contributed by atoms with Crippen LogP contribution < -0.4 is 10.1 Å². The lowest BCUT2D eigenvalue weighted by atomic mass is 10.0. The summed E-state index contributed by atoms with van der Waals surface area (Å²) in [6, 6.07) is 6.30. The second-order valence-corrected chi connectivity index (χ2v) is 6.42. The molecule has 1 N–H and O–H groups in total. The van der Waals surface area contributed by atoms with Gasteiger partial charge in [-0.05, 0) is 24.2 Å². The third kappa shape index (κ3) is 7.68. The van der Waals surface area contributed by atoms with Gasteiger partial charge in [0.2, 0.25) is 5.91 Å². The Morgan fingerprint density at radius 3 is 2.48 bits per heavy atom. The largest absolute Gasteiger partial charge is 0.483 e. The Labute approximate surface area is 148 Å². The van der Waals surface area contributed by atoms with Gasteiger partial charge < -0.3 is 15.0 Å². The average molecular weight is 378 g/mol. The van der Waals surface area contributed by atoms with Crippen molar-refractivity contribution in [3.63, 3.8) is 0 Å². The van der Waals surface area contributed by atoms with Gasteiger partial charge >= 0.3 is 5.51 Å². The van der Waals surface area contributed by atoms with Gasteiger partial charge in [-0.1, -0.05) is 25.1 Å². The summed E-state index contributed by atoms with van der Waals surface area (Å²) in [5, 5.41) is 2.57. The summed E-state index contributed by atoms with van der Waals surface area (Å²) < 4.78 is 42.1. The number of ether oxygens (including phenoxy) is 1. The van der Waals surface area contributed by atoms with Crippen molar-refractivity contribution in [1.29, 1.82) is 0 Å². The molecular formula is C16H21F3N2O3S. The number of nitrogens with zero attached hydrogens (tertiary/aromatic N) is 1. The Hall–Kier alpha value is -1.90. The molecule has 2 amide bonds. The lowest BCUT2D eigenvalue weighted by Gasteiger charge is -2.21. The Bertz CT molecular complexity index is 594. The molecule has 0 saturated carbocycles. The summed E-state index contributed by atoms with van der Waals surface area (Å²) in [7, 11) is 3.20. The molecule has 0 fully saturated rings. The first-order valence-corrected chi connectivity index (χ1v) is 8.54. The number of carbonyl (C=O) groups is 2. The number of likely N-dealkylation sites (N-methyl/N-ethyl adjacent to an activating group) is 1. The predicted molar refractivity (Wildman–Crippen MR) is 90.3 cm³/mol. The van der Waals surface area contributed by atoms with E-state index in [1.807, 2.05) is 0 Å². The molecule has 0 aromatic heterocycles. The van der Waals surface area contributed by atoms with Crippen LogP contribution in [0.5, 0.6) is 5.75 Å². The van der Waals surface area contributed by atoms with E-state index < -0.39 is 23.2 Å². The van der Waals surface area contributed by atoms with Crippen molar-refractivity contribution in [3.05, 3.63) is 29.8 Å². The number of hydrogen-bond donors (Lipinski definition) is 1. The van der Waals surface area contributed by atoms with Gasteiger partial charge in [-0.2, -0.15) is 13.2 Å². The summed E-state index contributed by atoms with van der Waals surface area (Å²) in [4.78, 5) is 24.8. The highest BCUT2D eigenvalue weighted by atomic mass is 32.2. The molecule has 1 aromatic carbocycles. The van der Waals surface area contributed by atoms with E-state index in [1.165, 1.54) is 4.90 Å². The van der Waals surface area contributed by atoms with Crippen LogP contribution in [0.15, 0.2) is 24.3 Å². The fourth-order valence-corrected chi connectivity index (χ4v) is 2.33. The molecule has 0 radical (unpaired) electrons. The highest BCUT2D eigenvalue weighted by molar-refractivity contribution is 8.00. The van der Waals surface area contributed by atoms with Crippen LogP contribution in [0, 0.1) is 0 Å². The minimum absolute atomic E-state index is 0.168. The molecule has 0 unspecified atom stereocenters. The van der Waals surface area contributed by atoms with Crippen molar-refractivity contribution in [1.82, 2.24) is 10.2 Å². The van der Waals surface area contributed by atoms with Crippen molar-refractivity contribution in [2.75, 3.05) is 26.5 Å². The van der Waals surface area contributed by atoms with Crippen molar-refractivity contribution < 1.29 is 27.5 Å². The molecule has 9 heteroatoms. The molecule has 140 valence electrons. The van der Waals surface area contributed by atoms with E-state index in [-0.39, 0.29) is 24.3 Å². The molecule has 0 saturated heterocycles. The number of amides is 2. The van der Waals surface area contributed by atoms with Gasteiger partial charge in [0.05, 0.1) is 11.8 Å².